The number of rotatable bonds is 5. The lowest BCUT2D eigenvalue weighted by Gasteiger charge is -2.31. The molecule has 0 bridgehead atoms. The summed E-state index contributed by atoms with van der Waals surface area (Å²) in [6.07, 6.45) is 4.44. The molecule has 4 rings (SSSR count). The average molecular weight is 433 g/mol. The molecule has 3 heterocycles. The Bertz CT molecular complexity index is 1140. The number of hydrogen-bond donors (Lipinski definition) is 1. The van der Waals surface area contributed by atoms with E-state index in [1.807, 2.05) is 7.05 Å². The highest BCUT2D eigenvalue weighted by molar-refractivity contribution is 7.89. The summed E-state index contributed by atoms with van der Waals surface area (Å²) in [6.45, 7) is 2.37. The topological polar surface area (TPSA) is 95.8 Å². The van der Waals surface area contributed by atoms with Gasteiger partial charge in [0.2, 0.25) is 15.9 Å². The maximum Gasteiger partial charge on any atom is 0.250 e. The standard InChI is InChI=1S/C19H20N4O4S2/c1-22-8-10-23(11-9-22)29(25,26)15-5-6-16-17(13-15)28-19(20-16)21-18(24)7-4-14-3-2-12-27-14/h2-7,12-13H,8-11H2,1H3,(H,20,21,24)/b7-4+. The number of fused-ring (bicyclic) bond motifs is 1. The van der Waals surface area contributed by atoms with Gasteiger partial charge in [-0.05, 0) is 43.5 Å². The molecule has 8 nitrogen and oxygen atoms in total. The molecule has 10 heteroatoms. The van der Waals surface area contributed by atoms with Gasteiger partial charge in [0, 0.05) is 32.3 Å². The molecule has 1 saturated heterocycles. The fraction of sp³-hybridized carbons (Fsp3) is 0.263. The van der Waals surface area contributed by atoms with Gasteiger partial charge in [-0.25, -0.2) is 13.4 Å². The van der Waals surface area contributed by atoms with E-state index < -0.39 is 10.0 Å². The number of hydrogen-bond acceptors (Lipinski definition) is 7. The molecule has 0 atom stereocenters. The normalized spacial score (nSPS) is 16.6. The monoisotopic (exact) mass is 432 g/mol. The van der Waals surface area contributed by atoms with E-state index in [9.17, 15) is 13.2 Å². The van der Waals surface area contributed by atoms with E-state index in [0.29, 0.717) is 47.3 Å². The third kappa shape index (κ3) is 4.40. The zero-order valence-electron chi connectivity index (χ0n) is 15.7. The molecule has 29 heavy (non-hydrogen) atoms. The summed E-state index contributed by atoms with van der Waals surface area (Å²) in [7, 11) is -1.57. The summed E-state index contributed by atoms with van der Waals surface area (Å²) in [5.74, 6) is 0.231. The zero-order chi connectivity index (χ0) is 20.4. The SMILES string of the molecule is CN1CCN(S(=O)(=O)c2ccc3nc(NC(=O)/C=C/c4ccco4)sc3c2)CC1. The van der Waals surface area contributed by atoms with Crippen LogP contribution in [0.1, 0.15) is 5.76 Å². The van der Waals surface area contributed by atoms with Crippen molar-refractivity contribution in [3.8, 4) is 0 Å². The maximum atomic E-state index is 12.9. The lowest BCUT2D eigenvalue weighted by molar-refractivity contribution is -0.111. The smallest absolute Gasteiger partial charge is 0.250 e. The Balaban J connectivity index is 1.51. The fourth-order valence-electron chi connectivity index (χ4n) is 2.99. The highest BCUT2D eigenvalue weighted by Gasteiger charge is 2.27. The van der Waals surface area contributed by atoms with Crippen molar-refractivity contribution in [1.29, 1.82) is 0 Å². The molecule has 0 saturated carbocycles. The van der Waals surface area contributed by atoms with Crippen molar-refractivity contribution < 1.29 is 17.6 Å². The van der Waals surface area contributed by atoms with Crippen molar-refractivity contribution in [2.75, 3.05) is 38.5 Å². The van der Waals surface area contributed by atoms with Crippen LogP contribution in [0.3, 0.4) is 0 Å². The molecular weight excluding hydrogens is 412 g/mol. The Morgan fingerprint density at radius 2 is 2.03 bits per heavy atom. The van der Waals surface area contributed by atoms with Gasteiger partial charge in [-0.2, -0.15) is 4.31 Å². The second-order valence-electron chi connectivity index (χ2n) is 6.69. The number of carbonyl (C=O) groups is 1. The molecule has 3 aromatic rings. The van der Waals surface area contributed by atoms with E-state index in [4.69, 9.17) is 4.42 Å². The third-order valence-corrected chi connectivity index (χ3v) is 7.46. The first kappa shape index (κ1) is 19.8. The third-order valence-electron chi connectivity index (χ3n) is 4.63. The number of sulfonamides is 1. The average Bonchev–Trinajstić information content (AvgIpc) is 3.35. The summed E-state index contributed by atoms with van der Waals surface area (Å²) in [4.78, 5) is 18.8. The first-order valence-electron chi connectivity index (χ1n) is 9.04. The maximum absolute atomic E-state index is 12.9. The number of thiazole rings is 1. The van der Waals surface area contributed by atoms with E-state index in [0.717, 1.165) is 0 Å². The minimum absolute atomic E-state index is 0.244. The van der Waals surface area contributed by atoms with Crippen LogP contribution in [0.5, 0.6) is 0 Å². The van der Waals surface area contributed by atoms with Gasteiger partial charge in [0.15, 0.2) is 5.13 Å². The van der Waals surface area contributed by atoms with Crippen LogP contribution in [0.4, 0.5) is 5.13 Å². The first-order valence-corrected chi connectivity index (χ1v) is 11.3. The Morgan fingerprint density at radius 1 is 1.24 bits per heavy atom. The number of nitrogens with zero attached hydrogens (tertiary/aromatic N) is 3. The Kier molecular flexibility index (Phi) is 5.50. The second kappa shape index (κ2) is 8.07. The quantitative estimate of drug-likeness (QED) is 0.623. The van der Waals surface area contributed by atoms with Crippen LogP contribution in [0.15, 0.2) is 52.0 Å². The Morgan fingerprint density at radius 3 is 2.76 bits per heavy atom. The summed E-state index contributed by atoms with van der Waals surface area (Å²) < 4.78 is 33.2. The second-order valence-corrected chi connectivity index (χ2v) is 9.66. The van der Waals surface area contributed by atoms with Gasteiger partial charge in [0.05, 0.1) is 21.4 Å². The minimum Gasteiger partial charge on any atom is -0.465 e. The number of piperazine rings is 1. The molecule has 1 fully saturated rings. The molecular formula is C19H20N4O4S2. The molecule has 1 aromatic carbocycles. The van der Waals surface area contributed by atoms with Crippen molar-refractivity contribution in [2.45, 2.75) is 4.90 Å². The van der Waals surface area contributed by atoms with Crippen LogP contribution < -0.4 is 5.32 Å². The largest absolute Gasteiger partial charge is 0.465 e. The van der Waals surface area contributed by atoms with Crippen molar-refractivity contribution in [2.24, 2.45) is 0 Å². The number of benzene rings is 1. The van der Waals surface area contributed by atoms with Crippen LogP contribution in [0.2, 0.25) is 0 Å². The van der Waals surface area contributed by atoms with E-state index in [2.05, 4.69) is 15.2 Å². The zero-order valence-corrected chi connectivity index (χ0v) is 17.4. The van der Waals surface area contributed by atoms with Crippen LogP contribution in [-0.2, 0) is 14.8 Å². The molecule has 1 N–H and O–H groups in total. The summed E-state index contributed by atoms with van der Waals surface area (Å²) in [6, 6.07) is 8.33. The van der Waals surface area contributed by atoms with Crippen molar-refractivity contribution in [1.82, 2.24) is 14.2 Å². The van der Waals surface area contributed by atoms with Gasteiger partial charge >= 0.3 is 0 Å². The van der Waals surface area contributed by atoms with Crippen LogP contribution in [0.25, 0.3) is 16.3 Å². The fourth-order valence-corrected chi connectivity index (χ4v) is 5.42. The molecule has 152 valence electrons. The van der Waals surface area contributed by atoms with Crippen LogP contribution in [0, 0.1) is 0 Å². The van der Waals surface area contributed by atoms with Gasteiger partial charge < -0.3 is 9.32 Å². The number of furan rings is 1. The molecule has 1 aliphatic heterocycles. The molecule has 2 aromatic heterocycles. The summed E-state index contributed by atoms with van der Waals surface area (Å²) in [5, 5.41) is 3.10. The van der Waals surface area contributed by atoms with Crippen molar-refractivity contribution >= 4 is 48.7 Å². The number of likely N-dealkylation sites (N-methyl/N-ethyl adjacent to an activating group) is 1. The lowest BCUT2D eigenvalue weighted by atomic mass is 10.3. The number of amides is 1. The summed E-state index contributed by atoms with van der Waals surface area (Å²) >= 11 is 1.23. The number of aromatic nitrogens is 1. The molecule has 0 spiro atoms. The highest BCUT2D eigenvalue weighted by Crippen LogP contribution is 2.29. The van der Waals surface area contributed by atoms with Crippen LogP contribution in [-0.4, -0.2) is 61.7 Å². The molecule has 1 amide bonds. The van der Waals surface area contributed by atoms with Crippen molar-refractivity contribution in [3.63, 3.8) is 0 Å². The van der Waals surface area contributed by atoms with E-state index >= 15 is 0 Å². The van der Waals surface area contributed by atoms with Gasteiger partial charge in [0.1, 0.15) is 5.76 Å². The van der Waals surface area contributed by atoms with E-state index in [-0.39, 0.29) is 10.8 Å². The molecule has 1 aliphatic rings. The first-order chi connectivity index (χ1) is 13.9. The predicted molar refractivity (Wildman–Crippen MR) is 112 cm³/mol. The van der Waals surface area contributed by atoms with E-state index in [1.165, 1.54) is 28.0 Å². The Hall–Kier alpha value is -2.53. The Labute approximate surface area is 172 Å². The van der Waals surface area contributed by atoms with Crippen molar-refractivity contribution in [3.05, 3.63) is 48.4 Å². The van der Waals surface area contributed by atoms with E-state index in [1.54, 1.807) is 36.4 Å². The minimum atomic E-state index is -3.55. The van der Waals surface area contributed by atoms with Gasteiger partial charge in [0.25, 0.3) is 0 Å². The number of anilines is 1. The molecule has 0 radical (unpaired) electrons. The predicted octanol–water partition coefficient (Wildman–Crippen LogP) is 2.48. The van der Waals surface area contributed by atoms with Crippen LogP contribution >= 0.6 is 11.3 Å². The van der Waals surface area contributed by atoms with Gasteiger partial charge in [-0.3, -0.25) is 10.1 Å². The number of carbonyl (C=O) groups excluding carboxylic acids is 1. The molecule has 0 unspecified atom stereocenters. The summed E-state index contributed by atoms with van der Waals surface area (Å²) in [5.41, 5.74) is 0.637. The van der Waals surface area contributed by atoms with Gasteiger partial charge in [-0.15, -0.1) is 0 Å². The lowest BCUT2D eigenvalue weighted by Crippen LogP contribution is -2.46. The molecule has 0 aliphatic carbocycles. The van der Waals surface area contributed by atoms with Gasteiger partial charge in [-0.1, -0.05) is 11.3 Å². The number of nitrogens with one attached hydrogen (secondary N) is 1. The highest BCUT2D eigenvalue weighted by atomic mass is 32.2.